The summed E-state index contributed by atoms with van der Waals surface area (Å²) >= 11 is 9.34. The largest absolute Gasteiger partial charge is 0.350 e. The predicted molar refractivity (Wildman–Crippen MR) is 145 cm³/mol. The first-order chi connectivity index (χ1) is 16.2. The number of nitrogens with zero attached hydrogens (tertiary/aromatic N) is 2. The highest BCUT2D eigenvalue weighted by molar-refractivity contribution is 9.10. The summed E-state index contributed by atoms with van der Waals surface area (Å²) in [4.78, 5) is 27.7. The van der Waals surface area contributed by atoms with Crippen molar-refractivity contribution < 1.29 is 18.0 Å². The minimum atomic E-state index is -3.55. The highest BCUT2D eigenvalue weighted by Crippen LogP contribution is 2.22. The number of hydrogen-bond donors (Lipinski definition) is 1. The van der Waals surface area contributed by atoms with Crippen LogP contribution < -0.4 is 9.62 Å². The van der Waals surface area contributed by atoms with Crippen LogP contribution in [0.2, 0.25) is 5.02 Å². The van der Waals surface area contributed by atoms with Crippen molar-refractivity contribution in [2.75, 3.05) is 17.1 Å². The highest BCUT2D eigenvalue weighted by Gasteiger charge is 2.28. The van der Waals surface area contributed by atoms with Crippen LogP contribution in [0.5, 0.6) is 0 Å². The van der Waals surface area contributed by atoms with Gasteiger partial charge in [-0.15, -0.1) is 0 Å². The molecular formula is C25H33BrClN3O4S. The summed E-state index contributed by atoms with van der Waals surface area (Å²) in [6, 6.07) is 13.4. The zero-order valence-electron chi connectivity index (χ0n) is 20.7. The summed E-state index contributed by atoms with van der Waals surface area (Å²) < 4.78 is 26.9. The lowest BCUT2D eigenvalue weighted by molar-refractivity contribution is -0.141. The number of benzene rings is 2. The van der Waals surface area contributed by atoms with E-state index in [-0.39, 0.29) is 31.3 Å². The molecule has 35 heavy (non-hydrogen) atoms. The second-order valence-electron chi connectivity index (χ2n) is 9.48. The van der Waals surface area contributed by atoms with Crippen molar-refractivity contribution in [2.45, 2.75) is 58.7 Å². The summed E-state index contributed by atoms with van der Waals surface area (Å²) in [7, 11) is -3.55. The van der Waals surface area contributed by atoms with Gasteiger partial charge >= 0.3 is 0 Å². The maximum atomic E-state index is 13.3. The number of anilines is 1. The molecular weight excluding hydrogens is 554 g/mol. The lowest BCUT2D eigenvalue weighted by atomic mass is 10.1. The van der Waals surface area contributed by atoms with Gasteiger partial charge < -0.3 is 10.2 Å². The van der Waals surface area contributed by atoms with E-state index in [0.29, 0.717) is 17.1 Å². The third-order valence-electron chi connectivity index (χ3n) is 5.20. The first-order valence-electron chi connectivity index (χ1n) is 11.3. The Bertz CT molecular complexity index is 1120. The van der Waals surface area contributed by atoms with Gasteiger partial charge in [-0.05, 0) is 76.1 Å². The average Bonchev–Trinajstić information content (AvgIpc) is 2.74. The molecule has 7 nitrogen and oxygen atoms in total. The molecule has 2 aromatic carbocycles. The van der Waals surface area contributed by atoms with Crippen molar-refractivity contribution in [3.63, 3.8) is 0 Å². The zero-order valence-corrected chi connectivity index (χ0v) is 23.9. The Kier molecular flexibility index (Phi) is 10.2. The van der Waals surface area contributed by atoms with Crippen molar-refractivity contribution in [2.24, 2.45) is 0 Å². The van der Waals surface area contributed by atoms with E-state index in [2.05, 4.69) is 21.2 Å². The van der Waals surface area contributed by atoms with Crippen molar-refractivity contribution in [3.05, 3.63) is 63.6 Å². The van der Waals surface area contributed by atoms with Crippen LogP contribution in [-0.4, -0.2) is 49.5 Å². The fourth-order valence-electron chi connectivity index (χ4n) is 3.45. The van der Waals surface area contributed by atoms with Crippen LogP contribution in [0.25, 0.3) is 0 Å². The second-order valence-corrected chi connectivity index (χ2v) is 12.7. The van der Waals surface area contributed by atoms with Crippen LogP contribution in [0.1, 0.15) is 46.1 Å². The number of carbonyl (C=O) groups is 2. The third-order valence-corrected chi connectivity index (χ3v) is 7.17. The van der Waals surface area contributed by atoms with Gasteiger partial charge in [0.1, 0.15) is 6.04 Å². The lowest BCUT2D eigenvalue weighted by Gasteiger charge is -2.32. The van der Waals surface area contributed by atoms with Crippen LogP contribution in [-0.2, 0) is 26.2 Å². The van der Waals surface area contributed by atoms with E-state index in [4.69, 9.17) is 11.6 Å². The topological polar surface area (TPSA) is 86.8 Å². The molecule has 192 valence electrons. The normalized spacial score (nSPS) is 12.7. The molecule has 2 amide bonds. The molecule has 0 aromatic heterocycles. The molecule has 0 heterocycles. The molecule has 0 bridgehead atoms. The van der Waals surface area contributed by atoms with Gasteiger partial charge in [0.2, 0.25) is 21.8 Å². The number of nitrogens with one attached hydrogen (secondary N) is 1. The molecule has 10 heteroatoms. The van der Waals surface area contributed by atoms with E-state index in [0.717, 1.165) is 16.3 Å². The van der Waals surface area contributed by atoms with Crippen LogP contribution in [0.15, 0.2) is 53.0 Å². The highest BCUT2D eigenvalue weighted by atomic mass is 79.9. The molecule has 0 spiro atoms. The lowest BCUT2D eigenvalue weighted by Crippen LogP contribution is -2.52. The number of amides is 2. The summed E-state index contributed by atoms with van der Waals surface area (Å²) in [5.74, 6) is -0.476. The standard InChI is InChI=1S/C25H33BrClN3O4S/c1-18(24(32)28-25(2,3)4)29(17-19-8-10-20(26)11-9-19)23(31)7-6-16-30(35(5,33)34)22-14-12-21(27)13-15-22/h8-15,18H,6-7,16-17H2,1-5H3,(H,28,32)/t18-/m1/s1. The Morgan fingerprint density at radius 3 is 2.14 bits per heavy atom. The Labute approximate surface area is 222 Å². The molecule has 0 saturated carbocycles. The van der Waals surface area contributed by atoms with Gasteiger partial charge in [0.15, 0.2) is 0 Å². The number of rotatable bonds is 10. The maximum absolute atomic E-state index is 13.3. The Morgan fingerprint density at radius 2 is 1.63 bits per heavy atom. The van der Waals surface area contributed by atoms with Gasteiger partial charge in [-0.1, -0.05) is 39.7 Å². The van der Waals surface area contributed by atoms with Crippen molar-refractivity contribution in [3.8, 4) is 0 Å². The maximum Gasteiger partial charge on any atom is 0.242 e. The van der Waals surface area contributed by atoms with Gasteiger partial charge in [0.25, 0.3) is 0 Å². The average molecular weight is 587 g/mol. The Balaban J connectivity index is 2.17. The summed E-state index contributed by atoms with van der Waals surface area (Å²) in [6.07, 6.45) is 1.50. The van der Waals surface area contributed by atoms with E-state index in [1.54, 1.807) is 31.2 Å². The summed E-state index contributed by atoms with van der Waals surface area (Å²) in [5, 5.41) is 3.43. The smallest absolute Gasteiger partial charge is 0.242 e. The molecule has 2 aromatic rings. The molecule has 1 N–H and O–H groups in total. The number of halogens is 2. The van der Waals surface area contributed by atoms with E-state index in [1.165, 1.54) is 9.21 Å². The van der Waals surface area contributed by atoms with Gasteiger partial charge in [-0.2, -0.15) is 0 Å². The monoisotopic (exact) mass is 585 g/mol. The van der Waals surface area contributed by atoms with Crippen LogP contribution in [0.4, 0.5) is 5.69 Å². The molecule has 0 aliphatic heterocycles. The van der Waals surface area contributed by atoms with Crippen LogP contribution >= 0.6 is 27.5 Å². The van der Waals surface area contributed by atoms with Gasteiger partial charge in [0.05, 0.1) is 11.9 Å². The summed E-state index contributed by atoms with van der Waals surface area (Å²) in [5.41, 5.74) is 0.927. The quantitative estimate of drug-likeness (QED) is 0.425. The Morgan fingerprint density at radius 1 is 1.06 bits per heavy atom. The molecule has 2 rings (SSSR count). The minimum Gasteiger partial charge on any atom is -0.350 e. The third kappa shape index (κ3) is 9.46. The fourth-order valence-corrected chi connectivity index (χ4v) is 4.81. The second kappa shape index (κ2) is 12.2. The van der Waals surface area contributed by atoms with Crippen LogP contribution in [0, 0.1) is 0 Å². The first-order valence-corrected chi connectivity index (χ1v) is 14.3. The van der Waals surface area contributed by atoms with Crippen molar-refractivity contribution in [1.29, 1.82) is 0 Å². The number of sulfonamides is 1. The van der Waals surface area contributed by atoms with Gasteiger partial charge in [-0.25, -0.2) is 8.42 Å². The van der Waals surface area contributed by atoms with E-state index < -0.39 is 21.6 Å². The molecule has 0 saturated heterocycles. The molecule has 0 unspecified atom stereocenters. The molecule has 0 aliphatic carbocycles. The molecule has 0 radical (unpaired) electrons. The van der Waals surface area contributed by atoms with Gasteiger partial charge in [0, 0.05) is 34.5 Å². The first kappa shape index (κ1) is 29.1. The van der Waals surface area contributed by atoms with Crippen molar-refractivity contribution in [1.82, 2.24) is 10.2 Å². The van der Waals surface area contributed by atoms with Crippen LogP contribution in [0.3, 0.4) is 0 Å². The molecule has 1 atom stereocenters. The number of hydrogen-bond acceptors (Lipinski definition) is 4. The SMILES string of the molecule is C[C@H](C(=O)NC(C)(C)C)N(Cc1ccc(Br)cc1)C(=O)CCCN(c1ccc(Cl)cc1)S(C)(=O)=O. The zero-order chi connectivity index (χ0) is 26.4. The number of carbonyl (C=O) groups excluding carboxylic acids is 2. The fraction of sp³-hybridized carbons (Fsp3) is 0.440. The van der Waals surface area contributed by atoms with Crippen molar-refractivity contribution >= 4 is 55.1 Å². The predicted octanol–water partition coefficient (Wildman–Crippen LogP) is 4.98. The molecule has 0 aliphatic rings. The van der Waals surface area contributed by atoms with Gasteiger partial charge in [-0.3, -0.25) is 13.9 Å². The van der Waals surface area contributed by atoms with E-state index in [9.17, 15) is 18.0 Å². The summed E-state index contributed by atoms with van der Waals surface area (Å²) in [6.45, 7) is 7.74. The van der Waals surface area contributed by atoms with E-state index in [1.807, 2.05) is 45.0 Å². The molecule has 0 fully saturated rings. The Hall–Kier alpha value is -2.10. The minimum absolute atomic E-state index is 0.0866. The van der Waals surface area contributed by atoms with E-state index >= 15 is 0 Å².